The van der Waals surface area contributed by atoms with E-state index in [2.05, 4.69) is 10.6 Å². The summed E-state index contributed by atoms with van der Waals surface area (Å²) in [4.78, 5) is 41.0. The number of nitrogens with one attached hydrogen (secondary N) is 2. The average molecular weight is 457 g/mol. The van der Waals surface area contributed by atoms with Crippen LogP contribution in [0.5, 0.6) is 0 Å². The summed E-state index contributed by atoms with van der Waals surface area (Å²) in [6.45, 7) is 3.49. The minimum Gasteiger partial charge on any atom is -0.370 e. The smallest absolute Gasteiger partial charge is 0.322 e. The van der Waals surface area contributed by atoms with Crippen LogP contribution in [0.25, 0.3) is 0 Å². The molecule has 0 aromatic heterocycles. The van der Waals surface area contributed by atoms with Crippen molar-refractivity contribution in [3.63, 3.8) is 0 Å². The van der Waals surface area contributed by atoms with E-state index in [1.165, 1.54) is 0 Å². The molecule has 0 spiro atoms. The number of urea groups is 1. The number of hydrogen-bond acceptors (Lipinski definition) is 4. The van der Waals surface area contributed by atoms with E-state index in [4.69, 9.17) is 16.3 Å². The number of ether oxygens (including phenoxy) is 1. The van der Waals surface area contributed by atoms with Gasteiger partial charge in [0.1, 0.15) is 12.6 Å². The summed E-state index contributed by atoms with van der Waals surface area (Å²) in [6, 6.07) is 11.4. The maximum absolute atomic E-state index is 12.9. The number of benzene rings is 2. The number of carbonyl (C=O) groups is 3. The van der Waals surface area contributed by atoms with Gasteiger partial charge in [0.15, 0.2) is 0 Å². The van der Waals surface area contributed by atoms with Gasteiger partial charge in [0, 0.05) is 35.2 Å². The molecular weight excluding hydrogens is 432 g/mol. The van der Waals surface area contributed by atoms with Gasteiger partial charge in [0.2, 0.25) is 5.91 Å². The van der Waals surface area contributed by atoms with Gasteiger partial charge in [-0.25, -0.2) is 4.79 Å². The Hall–Kier alpha value is -3.10. The second-order valence-electron chi connectivity index (χ2n) is 7.88. The molecule has 2 aliphatic rings. The summed E-state index contributed by atoms with van der Waals surface area (Å²) < 4.78 is 5.19. The van der Waals surface area contributed by atoms with E-state index >= 15 is 0 Å². The lowest BCUT2D eigenvalue weighted by Crippen LogP contribution is -2.45. The Morgan fingerprint density at radius 2 is 1.81 bits per heavy atom. The third-order valence-electron chi connectivity index (χ3n) is 5.65. The zero-order valence-corrected chi connectivity index (χ0v) is 18.5. The number of likely N-dealkylation sites (tertiary alicyclic amines) is 1. The molecule has 4 amide bonds. The Morgan fingerprint density at radius 1 is 1.06 bits per heavy atom. The van der Waals surface area contributed by atoms with E-state index in [1.54, 1.807) is 40.1 Å². The van der Waals surface area contributed by atoms with Crippen molar-refractivity contribution in [2.75, 3.05) is 41.8 Å². The van der Waals surface area contributed by atoms with Crippen LogP contribution < -0.4 is 15.5 Å². The molecule has 2 saturated heterocycles. The monoisotopic (exact) mass is 456 g/mol. The van der Waals surface area contributed by atoms with Crippen LogP contribution in [0.1, 0.15) is 18.4 Å². The summed E-state index contributed by atoms with van der Waals surface area (Å²) in [7, 11) is 0. The van der Waals surface area contributed by atoms with Crippen LogP contribution in [-0.4, -0.2) is 55.1 Å². The first kappa shape index (κ1) is 22.1. The number of rotatable bonds is 4. The van der Waals surface area contributed by atoms with Crippen molar-refractivity contribution in [3.8, 4) is 0 Å². The highest BCUT2D eigenvalue weighted by molar-refractivity contribution is 6.30. The van der Waals surface area contributed by atoms with E-state index in [9.17, 15) is 14.4 Å². The number of anilines is 3. The number of halogens is 1. The third-order valence-corrected chi connectivity index (χ3v) is 5.90. The largest absolute Gasteiger partial charge is 0.370 e. The van der Waals surface area contributed by atoms with Crippen LogP contribution in [-0.2, 0) is 14.3 Å². The molecule has 4 rings (SSSR count). The number of nitrogens with zero attached hydrogens (tertiary/aromatic N) is 2. The highest BCUT2D eigenvalue weighted by Crippen LogP contribution is 2.26. The topological polar surface area (TPSA) is 91.0 Å². The molecule has 0 unspecified atom stereocenters. The lowest BCUT2D eigenvalue weighted by molar-refractivity contribution is -0.125. The summed E-state index contributed by atoms with van der Waals surface area (Å²) >= 11 is 5.89. The van der Waals surface area contributed by atoms with Gasteiger partial charge in [-0.15, -0.1) is 0 Å². The molecule has 2 aromatic carbocycles. The average Bonchev–Trinajstić information content (AvgIpc) is 3.27. The molecule has 168 valence electrons. The molecule has 9 heteroatoms. The molecular formula is C23H25ClN4O4. The zero-order chi connectivity index (χ0) is 22.7. The molecule has 8 nitrogen and oxygen atoms in total. The Kier molecular flexibility index (Phi) is 6.62. The van der Waals surface area contributed by atoms with Gasteiger partial charge in [-0.2, -0.15) is 0 Å². The third kappa shape index (κ3) is 4.87. The molecule has 0 saturated carbocycles. The quantitative estimate of drug-likeness (QED) is 0.734. The molecule has 2 aliphatic heterocycles. The first-order chi connectivity index (χ1) is 15.4. The molecule has 1 atom stereocenters. The van der Waals surface area contributed by atoms with Gasteiger partial charge in [-0.3, -0.25) is 9.59 Å². The lowest BCUT2D eigenvalue weighted by atomic mass is 10.1. The molecule has 0 radical (unpaired) electrons. The van der Waals surface area contributed by atoms with Crippen LogP contribution in [0.4, 0.5) is 21.9 Å². The Bertz CT molecular complexity index is 1030. The Morgan fingerprint density at radius 3 is 2.53 bits per heavy atom. The number of aryl methyl sites for hydroxylation is 1. The molecule has 0 aliphatic carbocycles. The van der Waals surface area contributed by atoms with Gasteiger partial charge in [-0.1, -0.05) is 11.6 Å². The zero-order valence-electron chi connectivity index (χ0n) is 17.8. The Balaban J connectivity index is 1.41. The van der Waals surface area contributed by atoms with Gasteiger partial charge >= 0.3 is 6.03 Å². The van der Waals surface area contributed by atoms with Crippen molar-refractivity contribution < 1.29 is 19.1 Å². The first-order valence-electron chi connectivity index (χ1n) is 10.6. The molecule has 32 heavy (non-hydrogen) atoms. The van der Waals surface area contributed by atoms with Crippen molar-refractivity contribution in [3.05, 3.63) is 53.1 Å². The maximum atomic E-state index is 12.9. The standard InChI is InChI=1S/C23H25ClN4O4/c1-15-13-18(8-9-19(15)27-11-12-32-14-21(27)29)25-22(30)20-3-2-10-28(20)23(31)26-17-6-4-16(24)5-7-17/h4-9,13,20H,2-3,10-12,14H2,1H3,(H,25,30)(H,26,31)/t20-/m1/s1. The maximum Gasteiger partial charge on any atom is 0.322 e. The van der Waals surface area contributed by atoms with E-state index in [1.807, 2.05) is 19.1 Å². The van der Waals surface area contributed by atoms with Crippen molar-refractivity contribution in [2.45, 2.75) is 25.8 Å². The highest BCUT2D eigenvalue weighted by atomic mass is 35.5. The van der Waals surface area contributed by atoms with Crippen molar-refractivity contribution in [1.29, 1.82) is 0 Å². The van der Waals surface area contributed by atoms with Crippen LogP contribution in [0.15, 0.2) is 42.5 Å². The summed E-state index contributed by atoms with van der Waals surface area (Å²) in [5, 5.41) is 6.32. The van der Waals surface area contributed by atoms with Crippen molar-refractivity contribution in [2.24, 2.45) is 0 Å². The fraction of sp³-hybridized carbons (Fsp3) is 0.348. The second-order valence-corrected chi connectivity index (χ2v) is 8.31. The van der Waals surface area contributed by atoms with Crippen molar-refractivity contribution in [1.82, 2.24) is 4.90 Å². The van der Waals surface area contributed by atoms with Gasteiger partial charge in [0.05, 0.1) is 6.61 Å². The molecule has 2 aromatic rings. The lowest BCUT2D eigenvalue weighted by Gasteiger charge is -2.28. The predicted molar refractivity (Wildman–Crippen MR) is 123 cm³/mol. The van der Waals surface area contributed by atoms with Gasteiger partial charge < -0.3 is 25.2 Å². The predicted octanol–water partition coefficient (Wildman–Crippen LogP) is 3.65. The fourth-order valence-corrected chi connectivity index (χ4v) is 4.17. The van der Waals surface area contributed by atoms with Crippen LogP contribution in [0.2, 0.25) is 5.02 Å². The van der Waals surface area contributed by atoms with Crippen molar-refractivity contribution >= 4 is 46.5 Å². The molecule has 0 bridgehead atoms. The fourth-order valence-electron chi connectivity index (χ4n) is 4.05. The minimum atomic E-state index is -0.553. The van der Waals surface area contributed by atoms with Crippen LogP contribution in [0.3, 0.4) is 0 Å². The number of morpholine rings is 1. The summed E-state index contributed by atoms with van der Waals surface area (Å²) in [5.74, 6) is -0.312. The SMILES string of the molecule is Cc1cc(NC(=O)[C@H]2CCCN2C(=O)Nc2ccc(Cl)cc2)ccc1N1CCOCC1=O. The number of carbonyl (C=O) groups excluding carboxylic acids is 3. The molecule has 2 N–H and O–H groups in total. The number of amides is 4. The second kappa shape index (κ2) is 9.58. The summed E-state index contributed by atoms with van der Waals surface area (Å²) in [6.07, 6.45) is 1.35. The first-order valence-corrected chi connectivity index (χ1v) is 10.9. The Labute approximate surface area is 191 Å². The van der Waals surface area contributed by atoms with Crippen LogP contribution >= 0.6 is 11.6 Å². The van der Waals surface area contributed by atoms with E-state index in [-0.39, 0.29) is 24.5 Å². The van der Waals surface area contributed by atoms with Crippen LogP contribution in [0, 0.1) is 6.92 Å². The highest BCUT2D eigenvalue weighted by Gasteiger charge is 2.34. The van der Waals surface area contributed by atoms with Gasteiger partial charge in [-0.05, 0) is 67.8 Å². The van der Waals surface area contributed by atoms with E-state index in [0.29, 0.717) is 42.5 Å². The van der Waals surface area contributed by atoms with E-state index < -0.39 is 6.04 Å². The van der Waals surface area contributed by atoms with E-state index in [0.717, 1.165) is 17.7 Å². The number of hydrogen-bond donors (Lipinski definition) is 2. The normalized spacial score (nSPS) is 18.6. The summed E-state index contributed by atoms with van der Waals surface area (Å²) in [5.41, 5.74) is 2.93. The minimum absolute atomic E-state index is 0.0769. The molecule has 2 fully saturated rings. The molecule has 2 heterocycles. The van der Waals surface area contributed by atoms with Gasteiger partial charge in [0.25, 0.3) is 5.91 Å².